The first-order chi connectivity index (χ1) is 5.72. The Labute approximate surface area is 71.8 Å². The third kappa shape index (κ3) is 2.79. The number of hydrogen-bond acceptors (Lipinski definition) is 3. The predicted molar refractivity (Wildman–Crippen MR) is 43.2 cm³/mol. The second-order valence-corrected chi connectivity index (χ2v) is 3.30. The maximum atomic E-state index is 10.3. The number of nitrogens with zero attached hydrogens (tertiary/aromatic N) is 1. The lowest BCUT2D eigenvalue weighted by Crippen LogP contribution is -2.33. The minimum Gasteiger partial charge on any atom is -0.368 e. The zero-order valence-electron chi connectivity index (χ0n) is 7.02. The monoisotopic (exact) mass is 173 g/mol. The molecule has 4 nitrogen and oxygen atoms in total. The van der Waals surface area contributed by atoms with Gasteiger partial charge in [-0.1, -0.05) is 0 Å². The first kappa shape index (κ1) is 9.48. The summed E-state index contributed by atoms with van der Waals surface area (Å²) in [5, 5.41) is 17.4. The summed E-state index contributed by atoms with van der Waals surface area (Å²) < 4.78 is 0. The van der Waals surface area contributed by atoms with Gasteiger partial charge in [0, 0.05) is 19.5 Å². The highest BCUT2D eigenvalue weighted by atomic mass is 16.5. The molecule has 0 aromatic heterocycles. The number of amides is 1. The Morgan fingerprint density at radius 2 is 2.00 bits per heavy atom. The molecule has 4 heteroatoms. The first-order valence-corrected chi connectivity index (χ1v) is 4.28. The summed E-state index contributed by atoms with van der Waals surface area (Å²) in [4.78, 5) is 12.0. The molecule has 0 spiro atoms. The van der Waals surface area contributed by atoms with E-state index in [0.29, 0.717) is 12.3 Å². The van der Waals surface area contributed by atoms with E-state index in [4.69, 9.17) is 10.2 Å². The highest BCUT2D eigenvalue weighted by Gasteiger charge is 2.19. The predicted octanol–water partition coefficient (Wildman–Crippen LogP) is -0.444. The average Bonchev–Trinajstić information content (AvgIpc) is 2.05. The van der Waals surface area contributed by atoms with Crippen LogP contribution in [0.1, 0.15) is 19.3 Å². The van der Waals surface area contributed by atoms with Crippen LogP contribution in [0.2, 0.25) is 0 Å². The average molecular weight is 173 g/mol. The van der Waals surface area contributed by atoms with Gasteiger partial charge in [0.25, 0.3) is 0 Å². The van der Waals surface area contributed by atoms with Gasteiger partial charge < -0.3 is 15.1 Å². The first-order valence-electron chi connectivity index (χ1n) is 4.28. The van der Waals surface area contributed by atoms with Gasteiger partial charge in [-0.05, 0) is 18.8 Å². The van der Waals surface area contributed by atoms with E-state index in [9.17, 15) is 4.79 Å². The standard InChI is InChI=1S/C8H15NO3/c10-6-9-3-1-7(2-4-9)5-8(11)12/h6-8,11-12H,1-5H2. The lowest BCUT2D eigenvalue weighted by atomic mass is 9.94. The van der Waals surface area contributed by atoms with Gasteiger partial charge in [-0.25, -0.2) is 0 Å². The molecule has 0 aliphatic carbocycles. The summed E-state index contributed by atoms with van der Waals surface area (Å²) >= 11 is 0. The van der Waals surface area contributed by atoms with Crippen molar-refractivity contribution in [3.63, 3.8) is 0 Å². The summed E-state index contributed by atoms with van der Waals surface area (Å²) in [6.07, 6.45) is 1.86. The Morgan fingerprint density at radius 1 is 1.42 bits per heavy atom. The number of likely N-dealkylation sites (tertiary alicyclic amines) is 1. The normalized spacial score (nSPS) is 20.1. The molecule has 1 aliphatic rings. The van der Waals surface area contributed by atoms with Gasteiger partial charge in [-0.3, -0.25) is 4.79 Å². The Hall–Kier alpha value is -0.610. The largest absolute Gasteiger partial charge is 0.368 e. The number of aliphatic hydroxyl groups excluding tert-OH is 1. The molecule has 1 saturated heterocycles. The van der Waals surface area contributed by atoms with Gasteiger partial charge in [0.1, 0.15) is 0 Å². The van der Waals surface area contributed by atoms with Crippen LogP contribution in [0.15, 0.2) is 0 Å². The van der Waals surface area contributed by atoms with Crippen molar-refractivity contribution in [2.24, 2.45) is 5.92 Å². The van der Waals surface area contributed by atoms with Crippen LogP contribution in [0.25, 0.3) is 0 Å². The summed E-state index contributed by atoms with van der Waals surface area (Å²) in [5.74, 6) is 0.362. The van der Waals surface area contributed by atoms with Gasteiger partial charge in [-0.15, -0.1) is 0 Å². The minimum absolute atomic E-state index is 0.362. The topological polar surface area (TPSA) is 60.8 Å². The van der Waals surface area contributed by atoms with Crippen molar-refractivity contribution in [1.82, 2.24) is 4.90 Å². The molecule has 1 fully saturated rings. The van der Waals surface area contributed by atoms with Crippen molar-refractivity contribution >= 4 is 6.41 Å². The molecule has 0 atom stereocenters. The summed E-state index contributed by atoms with van der Waals surface area (Å²) in [7, 11) is 0. The van der Waals surface area contributed by atoms with E-state index in [0.717, 1.165) is 32.3 Å². The van der Waals surface area contributed by atoms with Gasteiger partial charge >= 0.3 is 0 Å². The van der Waals surface area contributed by atoms with Crippen LogP contribution in [0.4, 0.5) is 0 Å². The van der Waals surface area contributed by atoms with Crippen molar-refractivity contribution in [3.05, 3.63) is 0 Å². The van der Waals surface area contributed by atoms with Crippen LogP contribution >= 0.6 is 0 Å². The zero-order valence-corrected chi connectivity index (χ0v) is 7.02. The molecule has 2 N–H and O–H groups in total. The Balaban J connectivity index is 2.21. The van der Waals surface area contributed by atoms with Crippen molar-refractivity contribution in [3.8, 4) is 0 Å². The number of aliphatic hydroxyl groups is 2. The summed E-state index contributed by atoms with van der Waals surface area (Å²) in [5.41, 5.74) is 0. The van der Waals surface area contributed by atoms with Gasteiger partial charge in [0.05, 0.1) is 0 Å². The van der Waals surface area contributed by atoms with Crippen LogP contribution in [-0.2, 0) is 4.79 Å². The molecular formula is C8H15NO3. The Kier molecular flexibility index (Phi) is 3.49. The molecule has 0 bridgehead atoms. The van der Waals surface area contributed by atoms with Gasteiger partial charge in [0.2, 0.25) is 6.41 Å². The van der Waals surface area contributed by atoms with Crippen molar-refractivity contribution in [2.75, 3.05) is 13.1 Å². The fourth-order valence-electron chi connectivity index (χ4n) is 1.59. The zero-order chi connectivity index (χ0) is 8.97. The molecule has 0 unspecified atom stereocenters. The maximum Gasteiger partial charge on any atom is 0.209 e. The third-order valence-electron chi connectivity index (χ3n) is 2.34. The van der Waals surface area contributed by atoms with E-state index in [-0.39, 0.29) is 0 Å². The lowest BCUT2D eigenvalue weighted by molar-refractivity contribution is -0.119. The molecule has 0 aromatic rings. The highest BCUT2D eigenvalue weighted by Crippen LogP contribution is 2.20. The van der Waals surface area contributed by atoms with E-state index >= 15 is 0 Å². The molecule has 12 heavy (non-hydrogen) atoms. The molecule has 0 saturated carbocycles. The van der Waals surface area contributed by atoms with Crippen LogP contribution in [0, 0.1) is 5.92 Å². The van der Waals surface area contributed by atoms with Gasteiger partial charge in [-0.2, -0.15) is 0 Å². The number of rotatable bonds is 3. The van der Waals surface area contributed by atoms with Crippen molar-refractivity contribution in [2.45, 2.75) is 25.6 Å². The summed E-state index contributed by atoms with van der Waals surface area (Å²) in [6, 6.07) is 0. The number of carbonyl (C=O) groups is 1. The molecule has 1 rings (SSSR count). The summed E-state index contributed by atoms with van der Waals surface area (Å²) in [6.45, 7) is 1.50. The highest BCUT2D eigenvalue weighted by molar-refractivity contribution is 5.47. The maximum absolute atomic E-state index is 10.3. The SMILES string of the molecule is O=CN1CCC(CC(O)O)CC1. The fraction of sp³-hybridized carbons (Fsp3) is 0.875. The van der Waals surface area contributed by atoms with Crippen LogP contribution in [-0.4, -0.2) is 40.9 Å². The Bertz CT molecular complexity index is 141. The van der Waals surface area contributed by atoms with Crippen molar-refractivity contribution < 1.29 is 15.0 Å². The number of piperidine rings is 1. The molecule has 0 aromatic carbocycles. The number of hydrogen-bond donors (Lipinski definition) is 2. The lowest BCUT2D eigenvalue weighted by Gasteiger charge is -2.29. The van der Waals surface area contributed by atoms with Crippen LogP contribution in [0.5, 0.6) is 0 Å². The molecule has 1 amide bonds. The van der Waals surface area contributed by atoms with Gasteiger partial charge in [0.15, 0.2) is 6.29 Å². The smallest absolute Gasteiger partial charge is 0.209 e. The minimum atomic E-state index is -1.20. The van der Waals surface area contributed by atoms with E-state index < -0.39 is 6.29 Å². The number of carbonyl (C=O) groups excluding carboxylic acids is 1. The molecular weight excluding hydrogens is 158 g/mol. The van der Waals surface area contributed by atoms with E-state index in [1.807, 2.05) is 0 Å². The van der Waals surface area contributed by atoms with Crippen LogP contribution < -0.4 is 0 Å². The molecule has 0 radical (unpaired) electrons. The van der Waals surface area contributed by atoms with Crippen LogP contribution in [0.3, 0.4) is 0 Å². The third-order valence-corrected chi connectivity index (χ3v) is 2.34. The van der Waals surface area contributed by atoms with E-state index in [1.54, 1.807) is 4.90 Å². The van der Waals surface area contributed by atoms with Crippen molar-refractivity contribution in [1.29, 1.82) is 0 Å². The molecule has 1 aliphatic heterocycles. The second kappa shape index (κ2) is 4.42. The van der Waals surface area contributed by atoms with E-state index in [1.165, 1.54) is 0 Å². The second-order valence-electron chi connectivity index (χ2n) is 3.30. The van der Waals surface area contributed by atoms with E-state index in [2.05, 4.69) is 0 Å². The molecule has 1 heterocycles. The fourth-order valence-corrected chi connectivity index (χ4v) is 1.59. The Morgan fingerprint density at radius 3 is 2.42 bits per heavy atom. The quantitative estimate of drug-likeness (QED) is 0.449. The molecule has 70 valence electrons.